The van der Waals surface area contributed by atoms with Crippen LogP contribution >= 0.6 is 0 Å². The molecule has 9 aromatic carbocycles. The van der Waals surface area contributed by atoms with Crippen LogP contribution in [0, 0.1) is 0 Å². The minimum Gasteiger partial charge on any atom is -0.456 e. The first kappa shape index (κ1) is 31.2. The zero-order valence-electron chi connectivity index (χ0n) is 29.9. The third-order valence-corrected chi connectivity index (χ3v) is 11.0. The van der Waals surface area contributed by atoms with Crippen molar-refractivity contribution in [1.29, 1.82) is 0 Å². The monoisotopic (exact) mass is 702 g/mol. The number of para-hydroxylation sites is 3. The summed E-state index contributed by atoms with van der Waals surface area (Å²) in [7, 11) is 0. The highest BCUT2D eigenvalue weighted by Gasteiger charge is 2.18. The molecule has 0 unspecified atom stereocenters. The normalized spacial score (nSPS) is 11.6. The fourth-order valence-electron chi connectivity index (χ4n) is 8.37. The van der Waals surface area contributed by atoms with Crippen LogP contribution in [0.3, 0.4) is 0 Å². The van der Waals surface area contributed by atoms with Crippen LogP contribution in [0.1, 0.15) is 0 Å². The van der Waals surface area contributed by atoms with Crippen molar-refractivity contribution in [2.24, 2.45) is 0 Å². The summed E-state index contributed by atoms with van der Waals surface area (Å²) >= 11 is 0. The molecule has 55 heavy (non-hydrogen) atoms. The van der Waals surface area contributed by atoms with Crippen LogP contribution in [-0.4, -0.2) is 4.57 Å². The summed E-state index contributed by atoms with van der Waals surface area (Å²) in [6, 6.07) is 73.8. The minimum absolute atomic E-state index is 0.886. The first-order chi connectivity index (χ1) is 27.3. The van der Waals surface area contributed by atoms with Gasteiger partial charge in [0, 0.05) is 44.3 Å². The number of rotatable bonds is 6. The molecular weight excluding hydrogens is 669 g/mol. The van der Waals surface area contributed by atoms with Crippen molar-refractivity contribution in [3.63, 3.8) is 0 Å². The molecule has 0 aliphatic heterocycles. The first-order valence-electron chi connectivity index (χ1n) is 18.8. The highest BCUT2D eigenvalue weighted by molar-refractivity contribution is 6.19. The van der Waals surface area contributed by atoms with E-state index in [1.807, 2.05) is 0 Å². The molecule has 3 nitrogen and oxygen atoms in total. The van der Waals surface area contributed by atoms with Gasteiger partial charge in [-0.2, -0.15) is 0 Å². The summed E-state index contributed by atoms with van der Waals surface area (Å²) in [6.45, 7) is 0. The molecule has 2 aromatic heterocycles. The van der Waals surface area contributed by atoms with E-state index in [2.05, 4.69) is 216 Å². The second kappa shape index (κ2) is 12.6. The first-order valence-corrected chi connectivity index (χ1v) is 18.8. The number of hydrogen-bond acceptors (Lipinski definition) is 2. The molecule has 0 aliphatic rings. The molecule has 3 heteroatoms. The van der Waals surface area contributed by atoms with E-state index in [9.17, 15) is 0 Å². The maximum atomic E-state index is 6.60. The van der Waals surface area contributed by atoms with Gasteiger partial charge in [0.2, 0.25) is 0 Å². The fraction of sp³-hybridized carbons (Fsp3) is 0. The van der Waals surface area contributed by atoms with Gasteiger partial charge < -0.3 is 13.9 Å². The lowest BCUT2D eigenvalue weighted by atomic mass is 9.99. The summed E-state index contributed by atoms with van der Waals surface area (Å²) in [4.78, 5) is 2.33. The van der Waals surface area contributed by atoms with Crippen molar-refractivity contribution in [3.8, 4) is 27.9 Å². The number of benzene rings is 9. The Morgan fingerprint density at radius 3 is 1.73 bits per heavy atom. The van der Waals surface area contributed by atoms with Crippen LogP contribution in [0.2, 0.25) is 0 Å². The fourth-order valence-corrected chi connectivity index (χ4v) is 8.37. The van der Waals surface area contributed by atoms with Crippen molar-refractivity contribution < 1.29 is 4.42 Å². The predicted octanol–water partition coefficient (Wildman–Crippen LogP) is 14.6. The number of hydrogen-bond donors (Lipinski definition) is 0. The van der Waals surface area contributed by atoms with E-state index < -0.39 is 0 Å². The Kier molecular flexibility index (Phi) is 7.17. The highest BCUT2D eigenvalue weighted by Crippen LogP contribution is 2.42. The Balaban J connectivity index is 1.00. The van der Waals surface area contributed by atoms with Crippen LogP contribution in [0.15, 0.2) is 211 Å². The van der Waals surface area contributed by atoms with Crippen LogP contribution in [0.25, 0.3) is 82.5 Å². The molecule has 11 aromatic rings. The number of anilines is 3. The average Bonchev–Trinajstić information content (AvgIpc) is 3.80. The molecule has 0 atom stereocenters. The van der Waals surface area contributed by atoms with Gasteiger partial charge in [0.15, 0.2) is 0 Å². The second-order valence-corrected chi connectivity index (χ2v) is 14.2. The van der Waals surface area contributed by atoms with Crippen molar-refractivity contribution >= 4 is 71.6 Å². The van der Waals surface area contributed by atoms with E-state index in [1.54, 1.807) is 0 Å². The van der Waals surface area contributed by atoms with Crippen molar-refractivity contribution in [1.82, 2.24) is 4.57 Å². The third kappa shape index (κ3) is 5.20. The Morgan fingerprint density at radius 1 is 0.345 bits per heavy atom. The molecule has 0 aliphatic carbocycles. The number of fused-ring (bicyclic) bond motifs is 8. The van der Waals surface area contributed by atoms with Crippen molar-refractivity contribution in [3.05, 3.63) is 206 Å². The molecule has 0 saturated carbocycles. The Bertz CT molecular complexity index is 3180. The van der Waals surface area contributed by atoms with Gasteiger partial charge in [-0.1, -0.05) is 127 Å². The summed E-state index contributed by atoms with van der Waals surface area (Å²) in [5, 5.41) is 7.10. The molecule has 0 saturated heterocycles. The number of nitrogens with zero attached hydrogens (tertiary/aromatic N) is 2. The van der Waals surface area contributed by atoms with Gasteiger partial charge in [-0.3, -0.25) is 0 Å². The molecule has 11 rings (SSSR count). The number of aromatic nitrogens is 1. The standard InChI is InChI=1S/C52H34N2O/c1-4-12-35(13-5-1)36-20-25-42(26-21-36)53(40-14-6-2-7-15-40)43-27-30-44-39(32-43)24-31-50-52(44)47-29-23-38(34-51(47)55-50)37-22-28-46-45-18-10-11-19-48(45)54(49(46)33-37)41-16-8-3-9-17-41/h1-34H. The number of furan rings is 1. The van der Waals surface area contributed by atoms with Crippen LogP contribution in [0.4, 0.5) is 17.1 Å². The van der Waals surface area contributed by atoms with Crippen LogP contribution in [-0.2, 0) is 0 Å². The van der Waals surface area contributed by atoms with Gasteiger partial charge >= 0.3 is 0 Å². The quantitative estimate of drug-likeness (QED) is 0.172. The van der Waals surface area contributed by atoms with E-state index in [4.69, 9.17) is 4.42 Å². The molecule has 0 fully saturated rings. The Hall–Kier alpha value is -7.36. The highest BCUT2D eigenvalue weighted by atomic mass is 16.3. The van der Waals surface area contributed by atoms with Crippen LogP contribution in [0.5, 0.6) is 0 Å². The van der Waals surface area contributed by atoms with E-state index >= 15 is 0 Å². The van der Waals surface area contributed by atoms with Gasteiger partial charge in [0.05, 0.1) is 11.0 Å². The molecule has 0 radical (unpaired) electrons. The average molecular weight is 703 g/mol. The van der Waals surface area contributed by atoms with Gasteiger partial charge in [-0.25, -0.2) is 0 Å². The van der Waals surface area contributed by atoms with Crippen LogP contribution < -0.4 is 4.90 Å². The molecule has 258 valence electrons. The summed E-state index contributed by atoms with van der Waals surface area (Å²) in [5.41, 5.74) is 13.3. The zero-order valence-corrected chi connectivity index (χ0v) is 29.9. The topological polar surface area (TPSA) is 21.3 Å². The molecular formula is C52H34N2O. The van der Waals surface area contributed by atoms with Gasteiger partial charge in [-0.15, -0.1) is 0 Å². The largest absolute Gasteiger partial charge is 0.456 e. The summed E-state index contributed by atoms with van der Waals surface area (Å²) in [5.74, 6) is 0. The minimum atomic E-state index is 0.886. The van der Waals surface area contributed by atoms with Crippen molar-refractivity contribution in [2.45, 2.75) is 0 Å². The third-order valence-electron chi connectivity index (χ3n) is 11.0. The SMILES string of the molecule is c1ccc(-c2ccc(N(c3ccccc3)c3ccc4c(ccc5oc6cc(-c7ccc8c9ccccc9n(-c9ccccc9)c8c7)ccc6c54)c3)cc2)cc1. The smallest absolute Gasteiger partial charge is 0.136 e. The molecule has 0 N–H and O–H groups in total. The van der Waals surface area contributed by atoms with Gasteiger partial charge in [0.25, 0.3) is 0 Å². The summed E-state index contributed by atoms with van der Waals surface area (Å²) in [6.07, 6.45) is 0. The zero-order chi connectivity index (χ0) is 36.3. The molecule has 2 heterocycles. The van der Waals surface area contributed by atoms with E-state index in [-0.39, 0.29) is 0 Å². The van der Waals surface area contributed by atoms with E-state index in [0.29, 0.717) is 0 Å². The lowest BCUT2D eigenvalue weighted by Gasteiger charge is -2.26. The summed E-state index contributed by atoms with van der Waals surface area (Å²) < 4.78 is 8.97. The predicted molar refractivity (Wildman–Crippen MR) is 231 cm³/mol. The lowest BCUT2D eigenvalue weighted by molar-refractivity contribution is 0.669. The van der Waals surface area contributed by atoms with E-state index in [0.717, 1.165) is 61.2 Å². The molecule has 0 spiro atoms. The van der Waals surface area contributed by atoms with Gasteiger partial charge in [-0.05, 0) is 112 Å². The lowest BCUT2D eigenvalue weighted by Crippen LogP contribution is -2.09. The molecule has 0 bridgehead atoms. The maximum Gasteiger partial charge on any atom is 0.136 e. The molecule has 0 amide bonds. The van der Waals surface area contributed by atoms with Crippen molar-refractivity contribution in [2.75, 3.05) is 4.90 Å². The Morgan fingerprint density at radius 2 is 0.927 bits per heavy atom. The second-order valence-electron chi connectivity index (χ2n) is 14.2. The van der Waals surface area contributed by atoms with Gasteiger partial charge in [0.1, 0.15) is 11.2 Å². The van der Waals surface area contributed by atoms with E-state index in [1.165, 1.54) is 38.3 Å². The maximum absolute atomic E-state index is 6.60. The Labute approximate surface area is 318 Å².